The minimum Gasteiger partial charge on any atom is -0.493 e. The van der Waals surface area contributed by atoms with E-state index in [0.717, 1.165) is 5.56 Å². The normalized spacial score (nSPS) is 12.4. The van der Waals surface area contributed by atoms with E-state index in [-0.39, 0.29) is 0 Å². The van der Waals surface area contributed by atoms with Crippen molar-refractivity contribution in [1.29, 1.82) is 0 Å². The molecule has 0 aliphatic heterocycles. The van der Waals surface area contributed by atoms with Crippen molar-refractivity contribution in [1.82, 2.24) is 0 Å². The van der Waals surface area contributed by atoms with Crippen molar-refractivity contribution in [3.63, 3.8) is 0 Å². The molecule has 1 rings (SSSR count). The zero-order valence-electron chi connectivity index (χ0n) is 10.8. The van der Waals surface area contributed by atoms with Crippen LogP contribution in [0.4, 0.5) is 0 Å². The van der Waals surface area contributed by atoms with Gasteiger partial charge in [-0.2, -0.15) is 0 Å². The van der Waals surface area contributed by atoms with Gasteiger partial charge in [-0.05, 0) is 31.0 Å². The van der Waals surface area contributed by atoms with Gasteiger partial charge in [-0.15, -0.1) is 0 Å². The van der Waals surface area contributed by atoms with E-state index >= 15 is 0 Å². The lowest BCUT2D eigenvalue weighted by Gasteiger charge is -2.16. The Kier molecular flexibility index (Phi) is 5.24. The largest absolute Gasteiger partial charge is 0.493 e. The molecule has 4 nitrogen and oxygen atoms in total. The predicted molar refractivity (Wildman–Crippen MR) is 70.0 cm³/mol. The summed E-state index contributed by atoms with van der Waals surface area (Å²) in [6.45, 7) is 3.69. The molecule has 0 saturated heterocycles. The number of carboxylic acid groups (broad SMARTS) is 1. The summed E-state index contributed by atoms with van der Waals surface area (Å²) in [7, 11) is 1.53. The molecule has 1 unspecified atom stereocenters. The topological polar surface area (TPSA) is 55.8 Å². The fourth-order valence-electron chi connectivity index (χ4n) is 1.54. The number of aliphatic carboxylic acids is 1. The standard InChI is InChI=1S/C14H18O4/c1-4-6-10-7-8-12(13(9-10)17-3)18-11(5-2)14(15)16/h4,6-9,11H,5H2,1-3H3,(H,15,16). The Morgan fingerprint density at radius 2 is 2.17 bits per heavy atom. The third-order valence-electron chi connectivity index (χ3n) is 2.46. The Morgan fingerprint density at radius 3 is 2.67 bits per heavy atom. The molecule has 0 saturated carbocycles. The summed E-state index contributed by atoms with van der Waals surface area (Å²) in [6.07, 6.45) is 3.39. The van der Waals surface area contributed by atoms with E-state index in [1.807, 2.05) is 31.2 Å². The van der Waals surface area contributed by atoms with Crippen molar-refractivity contribution in [3.8, 4) is 11.5 Å². The minimum absolute atomic E-state index is 0.398. The van der Waals surface area contributed by atoms with E-state index in [1.165, 1.54) is 7.11 Å². The van der Waals surface area contributed by atoms with Crippen LogP contribution in [0.1, 0.15) is 25.8 Å². The SMILES string of the molecule is CC=Cc1ccc(OC(CC)C(=O)O)c(OC)c1. The molecule has 0 aliphatic carbocycles. The smallest absolute Gasteiger partial charge is 0.344 e. The van der Waals surface area contributed by atoms with Gasteiger partial charge in [0.15, 0.2) is 17.6 Å². The number of carbonyl (C=O) groups is 1. The van der Waals surface area contributed by atoms with Crippen LogP contribution in [0.5, 0.6) is 11.5 Å². The molecule has 0 fully saturated rings. The molecule has 4 heteroatoms. The van der Waals surface area contributed by atoms with Crippen LogP contribution in [-0.4, -0.2) is 24.3 Å². The Hall–Kier alpha value is -1.97. The molecule has 0 bridgehead atoms. The fourth-order valence-corrected chi connectivity index (χ4v) is 1.54. The van der Waals surface area contributed by atoms with Crippen molar-refractivity contribution >= 4 is 12.0 Å². The molecule has 0 aromatic heterocycles. The first-order chi connectivity index (χ1) is 8.62. The first-order valence-corrected chi connectivity index (χ1v) is 5.82. The molecule has 0 aliphatic rings. The summed E-state index contributed by atoms with van der Waals surface area (Å²) in [5, 5.41) is 8.96. The van der Waals surface area contributed by atoms with E-state index in [9.17, 15) is 4.79 Å². The van der Waals surface area contributed by atoms with Gasteiger partial charge in [0.1, 0.15) is 0 Å². The maximum absolute atomic E-state index is 10.9. The van der Waals surface area contributed by atoms with Crippen LogP contribution in [0.3, 0.4) is 0 Å². The second kappa shape index (κ2) is 6.69. The zero-order valence-corrected chi connectivity index (χ0v) is 10.8. The highest BCUT2D eigenvalue weighted by molar-refractivity contribution is 5.73. The first-order valence-electron chi connectivity index (χ1n) is 5.82. The molecule has 0 radical (unpaired) electrons. The van der Waals surface area contributed by atoms with Crippen LogP contribution in [0.25, 0.3) is 6.08 Å². The van der Waals surface area contributed by atoms with Crippen LogP contribution in [0, 0.1) is 0 Å². The third-order valence-corrected chi connectivity index (χ3v) is 2.46. The molecule has 0 spiro atoms. The molecule has 1 aromatic carbocycles. The molecule has 1 aromatic rings. The first kappa shape index (κ1) is 14.1. The number of allylic oxidation sites excluding steroid dienone is 1. The van der Waals surface area contributed by atoms with Gasteiger partial charge in [0, 0.05) is 0 Å². The Morgan fingerprint density at radius 1 is 1.44 bits per heavy atom. The summed E-state index contributed by atoms with van der Waals surface area (Å²) in [4.78, 5) is 10.9. The van der Waals surface area contributed by atoms with Gasteiger partial charge in [-0.3, -0.25) is 0 Å². The summed E-state index contributed by atoms with van der Waals surface area (Å²) in [5.41, 5.74) is 0.977. The Bertz CT molecular complexity index is 437. The summed E-state index contributed by atoms with van der Waals surface area (Å²) < 4.78 is 10.6. The van der Waals surface area contributed by atoms with Crippen molar-refractivity contribution in [2.45, 2.75) is 26.4 Å². The van der Waals surface area contributed by atoms with Crippen molar-refractivity contribution in [2.24, 2.45) is 0 Å². The lowest BCUT2D eigenvalue weighted by atomic mass is 10.2. The average Bonchev–Trinajstić information content (AvgIpc) is 2.36. The second-order valence-corrected chi connectivity index (χ2v) is 3.76. The monoisotopic (exact) mass is 250 g/mol. The Balaban J connectivity index is 2.98. The van der Waals surface area contributed by atoms with Gasteiger partial charge >= 0.3 is 5.97 Å². The van der Waals surface area contributed by atoms with Gasteiger partial charge in [0.2, 0.25) is 0 Å². The zero-order chi connectivity index (χ0) is 13.5. The van der Waals surface area contributed by atoms with Crippen LogP contribution in [-0.2, 0) is 4.79 Å². The van der Waals surface area contributed by atoms with E-state index in [4.69, 9.17) is 14.6 Å². The molecule has 1 N–H and O–H groups in total. The van der Waals surface area contributed by atoms with Gasteiger partial charge in [-0.1, -0.05) is 25.1 Å². The molecule has 1 atom stereocenters. The molecular formula is C14H18O4. The highest BCUT2D eigenvalue weighted by Crippen LogP contribution is 2.29. The number of ether oxygens (including phenoxy) is 2. The van der Waals surface area contributed by atoms with Crippen molar-refractivity contribution < 1.29 is 19.4 Å². The van der Waals surface area contributed by atoms with Crippen LogP contribution in [0.15, 0.2) is 24.3 Å². The highest BCUT2D eigenvalue weighted by Gasteiger charge is 2.18. The summed E-state index contributed by atoms with van der Waals surface area (Å²) in [6, 6.07) is 5.39. The molecule has 98 valence electrons. The Labute approximate surface area is 107 Å². The number of rotatable bonds is 6. The van der Waals surface area contributed by atoms with Gasteiger partial charge in [0.25, 0.3) is 0 Å². The van der Waals surface area contributed by atoms with E-state index in [0.29, 0.717) is 17.9 Å². The lowest BCUT2D eigenvalue weighted by Crippen LogP contribution is -2.26. The second-order valence-electron chi connectivity index (χ2n) is 3.76. The molecule has 0 amide bonds. The van der Waals surface area contributed by atoms with Crippen molar-refractivity contribution in [3.05, 3.63) is 29.8 Å². The van der Waals surface area contributed by atoms with Crippen LogP contribution < -0.4 is 9.47 Å². The third kappa shape index (κ3) is 3.52. The summed E-state index contributed by atoms with van der Waals surface area (Å²) >= 11 is 0. The molecule has 18 heavy (non-hydrogen) atoms. The van der Waals surface area contributed by atoms with Gasteiger partial charge < -0.3 is 14.6 Å². The van der Waals surface area contributed by atoms with Gasteiger partial charge in [-0.25, -0.2) is 4.79 Å². The van der Waals surface area contributed by atoms with E-state index in [2.05, 4.69) is 0 Å². The lowest BCUT2D eigenvalue weighted by molar-refractivity contribution is -0.145. The van der Waals surface area contributed by atoms with E-state index < -0.39 is 12.1 Å². The minimum atomic E-state index is -0.975. The van der Waals surface area contributed by atoms with E-state index in [1.54, 1.807) is 13.0 Å². The summed E-state index contributed by atoms with van der Waals surface area (Å²) in [5.74, 6) is 0.00221. The quantitative estimate of drug-likeness (QED) is 0.843. The fraction of sp³-hybridized carbons (Fsp3) is 0.357. The number of hydrogen-bond donors (Lipinski definition) is 1. The number of benzene rings is 1. The number of carboxylic acids is 1. The maximum atomic E-state index is 10.9. The number of hydrogen-bond acceptors (Lipinski definition) is 3. The maximum Gasteiger partial charge on any atom is 0.344 e. The highest BCUT2D eigenvalue weighted by atomic mass is 16.5. The van der Waals surface area contributed by atoms with Crippen molar-refractivity contribution in [2.75, 3.05) is 7.11 Å². The van der Waals surface area contributed by atoms with Crippen LogP contribution >= 0.6 is 0 Å². The van der Waals surface area contributed by atoms with Crippen LogP contribution in [0.2, 0.25) is 0 Å². The number of methoxy groups -OCH3 is 1. The average molecular weight is 250 g/mol. The molecular weight excluding hydrogens is 232 g/mol. The van der Waals surface area contributed by atoms with Gasteiger partial charge in [0.05, 0.1) is 7.11 Å². The molecule has 0 heterocycles. The predicted octanol–water partition coefficient (Wildman–Crippen LogP) is 2.97.